The second-order valence-corrected chi connectivity index (χ2v) is 6.15. The summed E-state index contributed by atoms with van der Waals surface area (Å²) in [5, 5.41) is 2.58. The smallest absolute Gasteiger partial charge is 0.398 e. The number of carbonyl (C=O) groups is 2. The van der Waals surface area contributed by atoms with Crippen LogP contribution in [0.3, 0.4) is 0 Å². The molecule has 0 aliphatic carbocycles. The number of hydrogen-bond donors (Lipinski definition) is 2. The fourth-order valence-electron chi connectivity index (χ4n) is 1.93. The summed E-state index contributed by atoms with van der Waals surface area (Å²) in [6.07, 6.45) is -4.31. The molecule has 2 aromatic rings. The molecule has 9 heteroatoms. The van der Waals surface area contributed by atoms with Crippen LogP contribution in [0.15, 0.2) is 53.4 Å². The van der Waals surface area contributed by atoms with Gasteiger partial charge in [0.2, 0.25) is 0 Å². The van der Waals surface area contributed by atoms with E-state index in [1.54, 1.807) is 24.3 Å². The van der Waals surface area contributed by atoms with E-state index in [1.807, 2.05) is 0 Å². The van der Waals surface area contributed by atoms with Crippen LogP contribution in [-0.4, -0.2) is 30.4 Å². The van der Waals surface area contributed by atoms with E-state index in [0.29, 0.717) is 16.7 Å². The van der Waals surface area contributed by atoms with Crippen LogP contribution in [0.1, 0.15) is 10.4 Å². The molecule has 2 rings (SSSR count). The predicted molar refractivity (Wildman–Crippen MR) is 92.3 cm³/mol. The molecule has 2 aromatic carbocycles. The van der Waals surface area contributed by atoms with Crippen molar-refractivity contribution in [2.75, 3.05) is 17.7 Å². The normalized spacial score (nSPS) is 11.0. The molecule has 0 unspecified atom stereocenters. The third-order valence-corrected chi connectivity index (χ3v) is 4.14. The van der Waals surface area contributed by atoms with Crippen molar-refractivity contribution < 1.29 is 27.5 Å². The molecular weight excluding hydrogens is 369 g/mol. The maximum absolute atomic E-state index is 12.4. The second kappa shape index (κ2) is 8.61. The van der Waals surface area contributed by atoms with Crippen LogP contribution in [0, 0.1) is 0 Å². The van der Waals surface area contributed by atoms with Gasteiger partial charge in [0.15, 0.2) is 6.61 Å². The highest BCUT2D eigenvalue weighted by Crippen LogP contribution is 2.32. The van der Waals surface area contributed by atoms with E-state index in [1.165, 1.54) is 24.3 Å². The molecule has 26 heavy (non-hydrogen) atoms. The van der Waals surface area contributed by atoms with E-state index >= 15 is 0 Å². The van der Waals surface area contributed by atoms with Crippen LogP contribution in [0.4, 0.5) is 18.9 Å². The summed E-state index contributed by atoms with van der Waals surface area (Å²) in [6, 6.07) is 12.2. The number of thioether (sulfide) groups is 1. The van der Waals surface area contributed by atoms with Crippen LogP contribution < -0.4 is 15.8 Å². The molecular formula is C17H15F3N2O3S. The van der Waals surface area contributed by atoms with E-state index in [9.17, 15) is 22.8 Å². The summed E-state index contributed by atoms with van der Waals surface area (Å²) in [7, 11) is 0. The Morgan fingerprint density at radius 2 is 1.85 bits per heavy atom. The number of amides is 2. The van der Waals surface area contributed by atoms with Gasteiger partial charge in [0.05, 0.1) is 11.4 Å². The van der Waals surface area contributed by atoms with Crippen molar-refractivity contribution in [1.82, 2.24) is 0 Å². The molecule has 0 saturated heterocycles. The lowest BCUT2D eigenvalue weighted by Crippen LogP contribution is -2.20. The first-order valence-corrected chi connectivity index (χ1v) is 8.34. The third-order valence-electron chi connectivity index (χ3n) is 3.00. The lowest BCUT2D eigenvalue weighted by atomic mass is 10.2. The second-order valence-electron chi connectivity index (χ2n) is 5.14. The Bertz CT molecular complexity index is 797. The minimum absolute atomic E-state index is 0.225. The summed E-state index contributed by atoms with van der Waals surface area (Å²) in [6.45, 7) is -0.331. The van der Waals surface area contributed by atoms with Crippen LogP contribution >= 0.6 is 11.8 Å². The number of hydrogen-bond acceptors (Lipinski definition) is 4. The molecule has 138 valence electrons. The Morgan fingerprint density at radius 3 is 2.54 bits per heavy atom. The minimum atomic E-state index is -4.31. The zero-order valence-corrected chi connectivity index (χ0v) is 14.2. The van der Waals surface area contributed by atoms with Crippen LogP contribution in [0.25, 0.3) is 0 Å². The minimum Gasteiger partial charge on any atom is -0.484 e. The largest absolute Gasteiger partial charge is 0.484 e. The summed E-state index contributed by atoms with van der Waals surface area (Å²) >= 11 is 0.590. The Balaban J connectivity index is 2.10. The van der Waals surface area contributed by atoms with Gasteiger partial charge < -0.3 is 15.8 Å². The first kappa shape index (κ1) is 19.6. The van der Waals surface area contributed by atoms with E-state index in [2.05, 4.69) is 5.32 Å². The van der Waals surface area contributed by atoms with Gasteiger partial charge in [-0.1, -0.05) is 18.2 Å². The number of alkyl halides is 3. The van der Waals surface area contributed by atoms with Crippen LogP contribution in [0.2, 0.25) is 0 Å². The fraction of sp³-hybridized carbons (Fsp3) is 0.176. The number of nitrogens with two attached hydrogens (primary N) is 1. The Kier molecular flexibility index (Phi) is 6.51. The Morgan fingerprint density at radius 1 is 1.12 bits per heavy atom. The van der Waals surface area contributed by atoms with E-state index in [0.717, 1.165) is 0 Å². The molecule has 0 spiro atoms. The lowest BCUT2D eigenvalue weighted by molar-refractivity contribution is -0.120. The maximum Gasteiger partial charge on any atom is 0.398 e. The molecule has 2 amide bonds. The quantitative estimate of drug-likeness (QED) is 0.717. The maximum atomic E-state index is 12.4. The predicted octanol–water partition coefficient (Wildman–Crippen LogP) is 3.46. The van der Waals surface area contributed by atoms with E-state index < -0.39 is 23.7 Å². The highest BCUT2D eigenvalue weighted by Gasteiger charge is 2.27. The highest BCUT2D eigenvalue weighted by molar-refractivity contribution is 7.99. The molecule has 0 bridgehead atoms. The highest BCUT2D eigenvalue weighted by atomic mass is 32.2. The van der Waals surface area contributed by atoms with Gasteiger partial charge in [0, 0.05) is 10.5 Å². The Labute approximate surface area is 151 Å². The van der Waals surface area contributed by atoms with Crippen LogP contribution in [-0.2, 0) is 4.79 Å². The molecule has 0 saturated carbocycles. The SMILES string of the molecule is NC(=O)COc1cccc(C(=O)Nc2ccccc2SCC(F)(F)F)c1. The molecule has 0 atom stereocenters. The van der Waals surface area contributed by atoms with E-state index in [-0.39, 0.29) is 23.6 Å². The molecule has 0 aliphatic heterocycles. The van der Waals surface area contributed by atoms with Crippen molar-refractivity contribution >= 4 is 29.3 Å². The van der Waals surface area contributed by atoms with Crippen molar-refractivity contribution in [2.24, 2.45) is 5.73 Å². The average Bonchev–Trinajstić information content (AvgIpc) is 2.58. The standard InChI is InChI=1S/C17H15F3N2O3S/c18-17(19,20)10-26-14-7-2-1-6-13(14)22-16(24)11-4-3-5-12(8-11)25-9-15(21)23/h1-8H,9-10H2,(H2,21,23)(H,22,24). The van der Waals surface area contributed by atoms with Gasteiger partial charge in [-0.15, -0.1) is 11.8 Å². The molecule has 5 nitrogen and oxygen atoms in total. The molecule has 0 aromatic heterocycles. The molecule has 0 heterocycles. The summed E-state index contributed by atoms with van der Waals surface area (Å²) < 4.78 is 42.4. The molecule has 0 fully saturated rings. The number of benzene rings is 2. The van der Waals surface area contributed by atoms with Crippen molar-refractivity contribution in [3.63, 3.8) is 0 Å². The number of anilines is 1. The summed E-state index contributed by atoms with van der Waals surface area (Å²) in [5.41, 5.74) is 5.49. The van der Waals surface area contributed by atoms with Crippen molar-refractivity contribution in [3.05, 3.63) is 54.1 Å². The van der Waals surface area contributed by atoms with Gasteiger partial charge in [-0.05, 0) is 30.3 Å². The number of rotatable bonds is 7. The summed E-state index contributed by atoms with van der Waals surface area (Å²) in [5.74, 6) is -1.96. The number of para-hydroxylation sites is 1. The number of primary amides is 1. The number of carbonyl (C=O) groups excluding carboxylic acids is 2. The number of nitrogens with one attached hydrogen (secondary N) is 1. The van der Waals surface area contributed by atoms with Gasteiger partial charge in [0.25, 0.3) is 11.8 Å². The van der Waals surface area contributed by atoms with Crippen molar-refractivity contribution in [2.45, 2.75) is 11.1 Å². The number of ether oxygens (including phenoxy) is 1. The third kappa shape index (κ3) is 6.32. The van der Waals surface area contributed by atoms with Crippen LogP contribution in [0.5, 0.6) is 5.75 Å². The monoisotopic (exact) mass is 384 g/mol. The van der Waals surface area contributed by atoms with E-state index in [4.69, 9.17) is 10.5 Å². The van der Waals surface area contributed by atoms with Gasteiger partial charge in [-0.3, -0.25) is 9.59 Å². The summed E-state index contributed by atoms with van der Waals surface area (Å²) in [4.78, 5) is 23.4. The van der Waals surface area contributed by atoms with Gasteiger partial charge in [-0.2, -0.15) is 13.2 Å². The van der Waals surface area contributed by atoms with Crippen molar-refractivity contribution in [1.29, 1.82) is 0 Å². The molecule has 0 radical (unpaired) electrons. The van der Waals surface area contributed by atoms with Gasteiger partial charge in [-0.25, -0.2) is 0 Å². The molecule has 0 aliphatic rings. The van der Waals surface area contributed by atoms with Gasteiger partial charge >= 0.3 is 6.18 Å². The first-order chi connectivity index (χ1) is 12.2. The average molecular weight is 384 g/mol. The zero-order valence-electron chi connectivity index (χ0n) is 13.4. The lowest BCUT2D eigenvalue weighted by Gasteiger charge is -2.12. The fourth-order valence-corrected chi connectivity index (χ4v) is 2.70. The van der Waals surface area contributed by atoms with Gasteiger partial charge in [0.1, 0.15) is 5.75 Å². The topological polar surface area (TPSA) is 81.4 Å². The molecule has 3 N–H and O–H groups in total. The van der Waals surface area contributed by atoms with Crippen molar-refractivity contribution in [3.8, 4) is 5.75 Å². The Hall–Kier alpha value is -2.68. The number of halogens is 3. The zero-order chi connectivity index (χ0) is 19.2. The first-order valence-electron chi connectivity index (χ1n) is 7.36.